The van der Waals surface area contributed by atoms with Gasteiger partial charge in [0.1, 0.15) is 5.76 Å². The number of hydrogen-bond acceptors (Lipinski definition) is 5. The van der Waals surface area contributed by atoms with E-state index in [-0.39, 0.29) is 16.3 Å². The second-order valence-corrected chi connectivity index (χ2v) is 6.03. The van der Waals surface area contributed by atoms with E-state index in [0.29, 0.717) is 5.76 Å². The van der Waals surface area contributed by atoms with E-state index in [1.807, 2.05) is 0 Å². The molecule has 100 valence electrons. The van der Waals surface area contributed by atoms with Gasteiger partial charge in [-0.3, -0.25) is 4.79 Å². The number of rotatable bonds is 3. The lowest BCUT2D eigenvalue weighted by Gasteiger charge is -2.07. The number of hydrogen-bond donors (Lipinski definition) is 1. The first-order valence-corrected chi connectivity index (χ1v) is 7.31. The van der Waals surface area contributed by atoms with Crippen LogP contribution in [0.4, 0.5) is 5.69 Å². The first-order chi connectivity index (χ1) is 8.88. The minimum atomic E-state index is -3.41. The minimum absolute atomic E-state index is 0.0589. The number of aromatic nitrogens is 1. The third kappa shape index (κ3) is 3.00. The van der Waals surface area contributed by atoms with E-state index in [9.17, 15) is 13.2 Å². The fourth-order valence-electron chi connectivity index (χ4n) is 1.55. The highest BCUT2D eigenvalue weighted by Gasteiger charge is 2.17. The third-order valence-corrected chi connectivity index (χ3v) is 3.55. The highest BCUT2D eigenvalue weighted by Crippen LogP contribution is 2.21. The average Bonchev–Trinajstić information content (AvgIpc) is 2.75. The Kier molecular flexibility index (Phi) is 3.39. The molecule has 0 saturated carbocycles. The maximum absolute atomic E-state index is 11.9. The summed E-state index contributed by atoms with van der Waals surface area (Å²) in [4.78, 5) is 11.9. The van der Waals surface area contributed by atoms with Crippen molar-refractivity contribution in [2.24, 2.45) is 0 Å². The molecule has 1 amide bonds. The Morgan fingerprint density at radius 2 is 2.00 bits per heavy atom. The van der Waals surface area contributed by atoms with Crippen LogP contribution in [0.3, 0.4) is 0 Å². The van der Waals surface area contributed by atoms with Crippen molar-refractivity contribution < 1.29 is 17.7 Å². The topological polar surface area (TPSA) is 89.3 Å². The number of carbonyl (C=O) groups excluding carboxylic acids is 1. The first kappa shape index (κ1) is 13.3. The van der Waals surface area contributed by atoms with Crippen molar-refractivity contribution in [2.75, 3.05) is 11.6 Å². The van der Waals surface area contributed by atoms with Crippen LogP contribution in [0.15, 0.2) is 39.8 Å². The molecule has 1 heterocycles. The van der Waals surface area contributed by atoms with Crippen LogP contribution in [0.1, 0.15) is 16.2 Å². The van der Waals surface area contributed by atoms with Gasteiger partial charge in [0, 0.05) is 12.3 Å². The Bertz CT molecular complexity index is 719. The third-order valence-electron chi connectivity index (χ3n) is 2.40. The van der Waals surface area contributed by atoms with E-state index in [0.717, 1.165) is 6.26 Å². The van der Waals surface area contributed by atoms with Crippen molar-refractivity contribution in [3.63, 3.8) is 0 Å². The zero-order chi connectivity index (χ0) is 14.0. The Hall–Kier alpha value is -2.15. The molecular weight excluding hydrogens is 268 g/mol. The van der Waals surface area contributed by atoms with Crippen molar-refractivity contribution in [1.82, 2.24) is 5.16 Å². The van der Waals surface area contributed by atoms with Gasteiger partial charge in [-0.15, -0.1) is 0 Å². The Morgan fingerprint density at radius 3 is 2.58 bits per heavy atom. The molecule has 0 aliphatic rings. The fourth-order valence-corrected chi connectivity index (χ4v) is 2.40. The van der Waals surface area contributed by atoms with Crippen molar-refractivity contribution in [3.8, 4) is 0 Å². The predicted molar refractivity (Wildman–Crippen MR) is 68.7 cm³/mol. The number of amides is 1. The maximum Gasteiger partial charge on any atom is 0.277 e. The van der Waals surface area contributed by atoms with E-state index in [4.69, 9.17) is 4.52 Å². The minimum Gasteiger partial charge on any atom is -0.361 e. The zero-order valence-electron chi connectivity index (χ0n) is 10.4. The van der Waals surface area contributed by atoms with Gasteiger partial charge in [-0.2, -0.15) is 0 Å². The fraction of sp³-hybridized carbons (Fsp3) is 0.167. The molecule has 1 aromatic heterocycles. The number of anilines is 1. The van der Waals surface area contributed by atoms with Crippen LogP contribution in [-0.2, 0) is 9.84 Å². The molecule has 2 rings (SSSR count). The van der Waals surface area contributed by atoms with Crippen LogP contribution in [-0.4, -0.2) is 25.7 Å². The molecule has 0 spiro atoms. The molecule has 0 fully saturated rings. The average molecular weight is 280 g/mol. The second-order valence-electron chi connectivity index (χ2n) is 4.05. The first-order valence-electron chi connectivity index (χ1n) is 5.41. The van der Waals surface area contributed by atoms with Crippen LogP contribution < -0.4 is 5.32 Å². The van der Waals surface area contributed by atoms with Crippen LogP contribution >= 0.6 is 0 Å². The lowest BCUT2D eigenvalue weighted by atomic mass is 10.3. The molecule has 2 aromatic rings. The molecule has 0 unspecified atom stereocenters. The standard InChI is InChI=1S/C12H12N2O4S/c1-8-7-10(14-18-8)12(15)13-9-5-3-4-6-11(9)19(2,16)17/h3-7H,1-2H3,(H,13,15). The Labute approximate surface area is 110 Å². The number of sulfone groups is 1. The molecule has 0 aliphatic carbocycles. The summed E-state index contributed by atoms with van der Waals surface area (Å²) >= 11 is 0. The summed E-state index contributed by atoms with van der Waals surface area (Å²) in [5, 5.41) is 6.07. The molecule has 19 heavy (non-hydrogen) atoms. The molecule has 0 aliphatic heterocycles. The SMILES string of the molecule is Cc1cc(C(=O)Nc2ccccc2S(C)(=O)=O)no1. The molecule has 0 saturated heterocycles. The van der Waals surface area contributed by atoms with Gasteiger partial charge in [0.05, 0.1) is 10.6 Å². The molecule has 0 radical (unpaired) electrons. The highest BCUT2D eigenvalue weighted by molar-refractivity contribution is 7.90. The lowest BCUT2D eigenvalue weighted by molar-refractivity contribution is 0.101. The molecule has 0 atom stereocenters. The van der Waals surface area contributed by atoms with Crippen LogP contribution in [0, 0.1) is 6.92 Å². The van der Waals surface area contributed by atoms with Gasteiger partial charge >= 0.3 is 0 Å². The summed E-state index contributed by atoms with van der Waals surface area (Å²) in [6.45, 7) is 1.66. The largest absolute Gasteiger partial charge is 0.361 e. The molecular formula is C12H12N2O4S. The van der Waals surface area contributed by atoms with E-state index >= 15 is 0 Å². The quantitative estimate of drug-likeness (QED) is 0.923. The van der Waals surface area contributed by atoms with Crippen molar-refractivity contribution in [2.45, 2.75) is 11.8 Å². The van der Waals surface area contributed by atoms with Gasteiger partial charge in [0.25, 0.3) is 5.91 Å². The second kappa shape index (κ2) is 4.85. The summed E-state index contributed by atoms with van der Waals surface area (Å²) in [7, 11) is -3.41. The molecule has 0 bridgehead atoms. The number of nitrogens with one attached hydrogen (secondary N) is 1. The Balaban J connectivity index is 2.32. The molecule has 6 nitrogen and oxygen atoms in total. The van der Waals surface area contributed by atoms with Crippen LogP contribution in [0.5, 0.6) is 0 Å². The summed E-state index contributed by atoms with van der Waals surface area (Å²) in [6, 6.07) is 7.64. The van der Waals surface area contributed by atoms with Gasteiger partial charge in [-0.1, -0.05) is 17.3 Å². The number of para-hydroxylation sites is 1. The zero-order valence-corrected chi connectivity index (χ0v) is 11.2. The van der Waals surface area contributed by atoms with E-state index in [1.165, 1.54) is 18.2 Å². The number of aryl methyl sites for hydroxylation is 1. The van der Waals surface area contributed by atoms with Crippen molar-refractivity contribution in [3.05, 3.63) is 41.8 Å². The molecule has 1 N–H and O–H groups in total. The van der Waals surface area contributed by atoms with Gasteiger partial charge in [-0.05, 0) is 19.1 Å². The van der Waals surface area contributed by atoms with E-state index in [1.54, 1.807) is 19.1 Å². The van der Waals surface area contributed by atoms with Crippen molar-refractivity contribution >= 4 is 21.4 Å². The summed E-state index contributed by atoms with van der Waals surface area (Å²) < 4.78 is 28.0. The highest BCUT2D eigenvalue weighted by atomic mass is 32.2. The maximum atomic E-state index is 11.9. The number of benzene rings is 1. The predicted octanol–water partition coefficient (Wildman–Crippen LogP) is 1.64. The lowest BCUT2D eigenvalue weighted by Crippen LogP contribution is -2.14. The monoisotopic (exact) mass is 280 g/mol. The van der Waals surface area contributed by atoms with Crippen LogP contribution in [0.25, 0.3) is 0 Å². The van der Waals surface area contributed by atoms with Crippen LogP contribution in [0.2, 0.25) is 0 Å². The summed E-state index contributed by atoms with van der Waals surface area (Å²) in [5.41, 5.74) is 0.316. The summed E-state index contributed by atoms with van der Waals surface area (Å²) in [6.07, 6.45) is 1.08. The van der Waals surface area contributed by atoms with Gasteiger partial charge < -0.3 is 9.84 Å². The van der Waals surface area contributed by atoms with Gasteiger partial charge in [0.2, 0.25) is 0 Å². The molecule has 1 aromatic carbocycles. The Morgan fingerprint density at radius 1 is 1.32 bits per heavy atom. The van der Waals surface area contributed by atoms with Gasteiger partial charge in [-0.25, -0.2) is 8.42 Å². The number of nitrogens with zero attached hydrogens (tertiary/aromatic N) is 1. The normalized spacial score (nSPS) is 11.3. The molecule has 7 heteroatoms. The van der Waals surface area contributed by atoms with E-state index in [2.05, 4.69) is 10.5 Å². The summed E-state index contributed by atoms with van der Waals surface area (Å²) in [5.74, 6) is -0.0190. The number of carbonyl (C=O) groups is 1. The van der Waals surface area contributed by atoms with Gasteiger partial charge in [0.15, 0.2) is 15.5 Å². The van der Waals surface area contributed by atoms with E-state index < -0.39 is 15.7 Å². The smallest absolute Gasteiger partial charge is 0.277 e. The van der Waals surface area contributed by atoms with Crippen molar-refractivity contribution in [1.29, 1.82) is 0 Å².